The Balaban J connectivity index is 2.04. The van der Waals surface area contributed by atoms with Crippen molar-refractivity contribution < 1.29 is 4.52 Å². The number of aryl methyl sites for hydroxylation is 1. The molecule has 15 heavy (non-hydrogen) atoms. The molecule has 0 atom stereocenters. The predicted octanol–water partition coefficient (Wildman–Crippen LogP) is -0.481. The lowest BCUT2D eigenvalue weighted by Gasteiger charge is -1.92. The summed E-state index contributed by atoms with van der Waals surface area (Å²) in [5.74, 6) is 1.14. The van der Waals surface area contributed by atoms with Crippen LogP contribution in [-0.4, -0.2) is 31.7 Å². The summed E-state index contributed by atoms with van der Waals surface area (Å²) in [7, 11) is 0. The first-order chi connectivity index (χ1) is 7.28. The fourth-order valence-electron chi connectivity index (χ4n) is 1.22. The molecule has 2 aromatic rings. The van der Waals surface area contributed by atoms with Crippen molar-refractivity contribution in [2.75, 3.05) is 6.54 Å². The minimum absolute atomic E-state index is 0.443. The third-order valence-corrected chi connectivity index (χ3v) is 1.85. The number of rotatable bonds is 4. The molecule has 0 unspecified atom stereocenters. The standard InChI is InChI=1S/C8H12N6O/c1-6-10-8(15-12-6)5-14-4-7(2-3-9)11-13-14/h4H,2-3,5,9H2,1H3. The van der Waals surface area contributed by atoms with E-state index in [0.717, 1.165) is 12.1 Å². The first-order valence-electron chi connectivity index (χ1n) is 4.66. The van der Waals surface area contributed by atoms with E-state index >= 15 is 0 Å². The number of nitrogens with zero attached hydrogens (tertiary/aromatic N) is 5. The van der Waals surface area contributed by atoms with Gasteiger partial charge in [-0.25, -0.2) is 4.68 Å². The van der Waals surface area contributed by atoms with Crippen molar-refractivity contribution in [3.63, 3.8) is 0 Å². The van der Waals surface area contributed by atoms with Crippen molar-refractivity contribution in [1.29, 1.82) is 0 Å². The molecular weight excluding hydrogens is 196 g/mol. The van der Waals surface area contributed by atoms with E-state index in [4.69, 9.17) is 10.3 Å². The van der Waals surface area contributed by atoms with Crippen LogP contribution in [0, 0.1) is 6.92 Å². The van der Waals surface area contributed by atoms with Crippen LogP contribution in [-0.2, 0) is 13.0 Å². The van der Waals surface area contributed by atoms with Gasteiger partial charge in [-0.2, -0.15) is 4.98 Å². The van der Waals surface area contributed by atoms with Gasteiger partial charge < -0.3 is 10.3 Å². The number of hydrogen-bond acceptors (Lipinski definition) is 6. The van der Waals surface area contributed by atoms with Crippen LogP contribution >= 0.6 is 0 Å². The van der Waals surface area contributed by atoms with Crippen molar-refractivity contribution >= 4 is 0 Å². The summed E-state index contributed by atoms with van der Waals surface area (Å²) >= 11 is 0. The molecule has 0 aliphatic carbocycles. The van der Waals surface area contributed by atoms with E-state index in [-0.39, 0.29) is 0 Å². The summed E-state index contributed by atoms with van der Waals surface area (Å²) in [4.78, 5) is 4.07. The van der Waals surface area contributed by atoms with Gasteiger partial charge in [-0.05, 0) is 13.5 Å². The highest BCUT2D eigenvalue weighted by Crippen LogP contribution is 2.00. The van der Waals surface area contributed by atoms with Gasteiger partial charge in [0.25, 0.3) is 0 Å². The molecule has 2 aromatic heterocycles. The highest BCUT2D eigenvalue weighted by Gasteiger charge is 2.05. The zero-order chi connectivity index (χ0) is 10.7. The summed E-state index contributed by atoms with van der Waals surface area (Å²) in [6.45, 7) is 2.78. The molecular formula is C8H12N6O. The van der Waals surface area contributed by atoms with E-state index in [1.165, 1.54) is 0 Å². The Morgan fingerprint density at radius 2 is 2.40 bits per heavy atom. The van der Waals surface area contributed by atoms with Crippen molar-refractivity contribution in [3.05, 3.63) is 23.6 Å². The zero-order valence-electron chi connectivity index (χ0n) is 8.42. The molecule has 2 heterocycles. The maximum Gasteiger partial charge on any atom is 0.248 e. The number of aromatic nitrogens is 5. The van der Waals surface area contributed by atoms with E-state index in [1.807, 2.05) is 6.20 Å². The van der Waals surface area contributed by atoms with E-state index in [9.17, 15) is 0 Å². The summed E-state index contributed by atoms with van der Waals surface area (Å²) in [6.07, 6.45) is 2.55. The van der Waals surface area contributed by atoms with Gasteiger partial charge in [-0.3, -0.25) is 0 Å². The second-order valence-corrected chi connectivity index (χ2v) is 3.18. The Morgan fingerprint density at radius 1 is 1.53 bits per heavy atom. The molecule has 0 saturated heterocycles. The summed E-state index contributed by atoms with van der Waals surface area (Å²) in [5, 5.41) is 11.6. The van der Waals surface area contributed by atoms with Gasteiger partial charge in [0.2, 0.25) is 5.89 Å². The van der Waals surface area contributed by atoms with Crippen LogP contribution in [0.5, 0.6) is 0 Å². The van der Waals surface area contributed by atoms with Crippen LogP contribution in [0.1, 0.15) is 17.4 Å². The first kappa shape index (κ1) is 9.78. The molecule has 7 nitrogen and oxygen atoms in total. The Morgan fingerprint density at radius 3 is 3.07 bits per heavy atom. The molecule has 80 valence electrons. The molecule has 0 radical (unpaired) electrons. The Labute approximate surface area is 86.3 Å². The Bertz CT molecular complexity index is 434. The highest BCUT2D eigenvalue weighted by molar-refractivity contribution is 4.94. The van der Waals surface area contributed by atoms with E-state index < -0.39 is 0 Å². The Hall–Kier alpha value is -1.76. The van der Waals surface area contributed by atoms with Crippen molar-refractivity contribution in [3.8, 4) is 0 Å². The molecule has 0 bridgehead atoms. The van der Waals surface area contributed by atoms with Crippen LogP contribution < -0.4 is 5.73 Å². The van der Waals surface area contributed by atoms with Gasteiger partial charge in [-0.15, -0.1) is 5.10 Å². The molecule has 2 N–H and O–H groups in total. The van der Waals surface area contributed by atoms with Gasteiger partial charge in [0.05, 0.1) is 5.69 Å². The molecule has 2 rings (SSSR count). The molecule has 0 spiro atoms. The minimum Gasteiger partial charge on any atom is -0.337 e. The molecule has 0 fully saturated rings. The fourth-order valence-corrected chi connectivity index (χ4v) is 1.22. The third-order valence-electron chi connectivity index (χ3n) is 1.85. The summed E-state index contributed by atoms with van der Waals surface area (Å²) in [6, 6.07) is 0. The molecule has 0 amide bonds. The maximum absolute atomic E-state index is 5.41. The lowest BCUT2D eigenvalue weighted by atomic mass is 10.3. The second kappa shape index (κ2) is 4.18. The topological polar surface area (TPSA) is 95.7 Å². The third kappa shape index (κ3) is 2.38. The molecule has 0 aromatic carbocycles. The fraction of sp³-hybridized carbons (Fsp3) is 0.500. The quantitative estimate of drug-likeness (QED) is 0.729. The molecule has 0 saturated carbocycles. The van der Waals surface area contributed by atoms with Crippen LogP contribution in [0.25, 0.3) is 0 Å². The molecule has 0 aliphatic heterocycles. The predicted molar refractivity (Wildman–Crippen MR) is 50.9 cm³/mol. The van der Waals surface area contributed by atoms with Crippen molar-refractivity contribution in [2.24, 2.45) is 5.73 Å². The van der Waals surface area contributed by atoms with Crippen LogP contribution in [0.2, 0.25) is 0 Å². The normalized spacial score (nSPS) is 10.8. The van der Waals surface area contributed by atoms with Crippen molar-refractivity contribution in [1.82, 2.24) is 25.1 Å². The van der Waals surface area contributed by atoms with Gasteiger partial charge in [-0.1, -0.05) is 10.4 Å². The monoisotopic (exact) mass is 208 g/mol. The lowest BCUT2D eigenvalue weighted by molar-refractivity contribution is 0.361. The van der Waals surface area contributed by atoms with Crippen molar-refractivity contribution in [2.45, 2.75) is 19.9 Å². The van der Waals surface area contributed by atoms with Gasteiger partial charge in [0.1, 0.15) is 6.54 Å². The maximum atomic E-state index is 5.41. The average Bonchev–Trinajstić information content (AvgIpc) is 2.78. The highest BCUT2D eigenvalue weighted by atomic mass is 16.5. The average molecular weight is 208 g/mol. The van der Waals surface area contributed by atoms with Gasteiger partial charge in [0, 0.05) is 12.6 Å². The number of hydrogen-bond donors (Lipinski definition) is 1. The largest absolute Gasteiger partial charge is 0.337 e. The molecule has 0 aliphatic rings. The number of nitrogens with two attached hydrogens (primary N) is 1. The minimum atomic E-state index is 0.443. The Kier molecular flexibility index (Phi) is 2.72. The summed E-state index contributed by atoms with van der Waals surface area (Å²) < 4.78 is 6.61. The van der Waals surface area contributed by atoms with Crippen LogP contribution in [0.4, 0.5) is 0 Å². The lowest BCUT2D eigenvalue weighted by Crippen LogP contribution is -2.03. The van der Waals surface area contributed by atoms with Gasteiger partial charge >= 0.3 is 0 Å². The smallest absolute Gasteiger partial charge is 0.248 e. The van der Waals surface area contributed by atoms with Gasteiger partial charge in [0.15, 0.2) is 5.82 Å². The second-order valence-electron chi connectivity index (χ2n) is 3.18. The zero-order valence-corrected chi connectivity index (χ0v) is 8.42. The van der Waals surface area contributed by atoms with E-state index in [1.54, 1.807) is 11.6 Å². The first-order valence-corrected chi connectivity index (χ1v) is 4.66. The SMILES string of the molecule is Cc1noc(Cn2cc(CCN)nn2)n1. The molecule has 7 heteroatoms. The summed E-state index contributed by atoms with van der Waals surface area (Å²) in [5.41, 5.74) is 6.28. The van der Waals surface area contributed by atoms with Crippen LogP contribution in [0.3, 0.4) is 0 Å². The van der Waals surface area contributed by atoms with Crippen LogP contribution in [0.15, 0.2) is 10.7 Å². The van der Waals surface area contributed by atoms with E-state index in [2.05, 4.69) is 20.5 Å². The van der Waals surface area contributed by atoms with E-state index in [0.29, 0.717) is 24.8 Å².